The predicted molar refractivity (Wildman–Crippen MR) is 93.3 cm³/mol. The second-order valence-corrected chi connectivity index (χ2v) is 5.35. The van der Waals surface area contributed by atoms with Gasteiger partial charge < -0.3 is 9.47 Å². The van der Waals surface area contributed by atoms with E-state index in [1.807, 2.05) is 19.1 Å². The molecular formula is C20H17F2NO3. The van der Waals surface area contributed by atoms with Gasteiger partial charge in [0.1, 0.15) is 11.6 Å². The molecule has 134 valence electrons. The molecule has 0 unspecified atom stereocenters. The second kappa shape index (κ2) is 8.77. The summed E-state index contributed by atoms with van der Waals surface area (Å²) < 4.78 is 35.4. The number of alkyl halides is 2. The molecule has 0 radical (unpaired) electrons. The van der Waals surface area contributed by atoms with Crippen molar-refractivity contribution >= 4 is 11.9 Å². The van der Waals surface area contributed by atoms with Crippen molar-refractivity contribution in [1.29, 1.82) is 5.26 Å². The van der Waals surface area contributed by atoms with Gasteiger partial charge in [0.15, 0.2) is 11.5 Å². The molecule has 2 aromatic rings. The second-order valence-electron chi connectivity index (χ2n) is 5.35. The largest absolute Gasteiger partial charge is 0.490 e. The number of ketones is 1. The van der Waals surface area contributed by atoms with Gasteiger partial charge in [0.2, 0.25) is 5.78 Å². The molecule has 0 fully saturated rings. The highest BCUT2D eigenvalue weighted by Crippen LogP contribution is 2.34. The number of halogens is 2. The third-order valence-electron chi connectivity index (χ3n) is 3.46. The van der Waals surface area contributed by atoms with E-state index < -0.39 is 12.4 Å². The molecule has 0 aliphatic heterocycles. The quantitative estimate of drug-likeness (QED) is 0.406. The molecule has 0 N–H and O–H groups in total. The summed E-state index contributed by atoms with van der Waals surface area (Å²) >= 11 is 0. The number of nitrogens with zero attached hydrogens (tertiary/aromatic N) is 1. The van der Waals surface area contributed by atoms with E-state index in [4.69, 9.17) is 4.74 Å². The number of allylic oxidation sites excluding steroid dienone is 1. The third-order valence-corrected chi connectivity index (χ3v) is 3.46. The number of carbonyl (C=O) groups is 1. The van der Waals surface area contributed by atoms with Gasteiger partial charge in [-0.3, -0.25) is 4.79 Å². The average molecular weight is 357 g/mol. The monoisotopic (exact) mass is 357 g/mol. The molecule has 2 aromatic carbocycles. The highest BCUT2D eigenvalue weighted by molar-refractivity contribution is 6.14. The zero-order valence-electron chi connectivity index (χ0n) is 14.3. The molecule has 4 nitrogen and oxygen atoms in total. The van der Waals surface area contributed by atoms with Crippen molar-refractivity contribution in [1.82, 2.24) is 0 Å². The Morgan fingerprint density at radius 3 is 2.62 bits per heavy atom. The highest BCUT2D eigenvalue weighted by Gasteiger charge is 2.18. The van der Waals surface area contributed by atoms with Gasteiger partial charge in [0.05, 0.1) is 6.61 Å². The van der Waals surface area contributed by atoms with Gasteiger partial charge in [-0.1, -0.05) is 35.9 Å². The van der Waals surface area contributed by atoms with E-state index in [0.29, 0.717) is 5.56 Å². The minimum atomic E-state index is -3.07. The van der Waals surface area contributed by atoms with Crippen LogP contribution in [0.15, 0.2) is 48.0 Å². The Balaban J connectivity index is 2.50. The van der Waals surface area contributed by atoms with Crippen LogP contribution < -0.4 is 9.47 Å². The molecule has 0 atom stereocenters. The summed E-state index contributed by atoms with van der Waals surface area (Å²) in [5, 5.41) is 9.37. The average Bonchev–Trinajstić information content (AvgIpc) is 2.61. The van der Waals surface area contributed by atoms with Gasteiger partial charge in [-0.25, -0.2) is 0 Å². The molecule has 0 amide bonds. The Kier molecular flexibility index (Phi) is 6.45. The topological polar surface area (TPSA) is 59.3 Å². The van der Waals surface area contributed by atoms with Gasteiger partial charge >= 0.3 is 6.61 Å². The summed E-state index contributed by atoms with van der Waals surface area (Å²) in [7, 11) is 0. The lowest BCUT2D eigenvalue weighted by atomic mass is 10.00. The van der Waals surface area contributed by atoms with Crippen molar-refractivity contribution in [2.45, 2.75) is 20.5 Å². The van der Waals surface area contributed by atoms with E-state index in [-0.39, 0.29) is 29.2 Å². The molecule has 0 aromatic heterocycles. The third kappa shape index (κ3) is 4.67. The fourth-order valence-corrected chi connectivity index (χ4v) is 2.38. The number of hydrogen-bond acceptors (Lipinski definition) is 4. The summed E-state index contributed by atoms with van der Waals surface area (Å²) in [5.41, 5.74) is 1.18. The summed E-state index contributed by atoms with van der Waals surface area (Å²) in [4.78, 5) is 12.6. The Bertz CT molecular complexity index is 870. The Morgan fingerprint density at radius 1 is 1.27 bits per heavy atom. The Labute approximate surface area is 150 Å². The number of aryl methyl sites for hydroxylation is 1. The van der Waals surface area contributed by atoms with Crippen molar-refractivity contribution in [2.24, 2.45) is 0 Å². The molecule has 0 aliphatic carbocycles. The number of para-hydroxylation sites is 1. The zero-order chi connectivity index (χ0) is 19.1. The van der Waals surface area contributed by atoms with Crippen molar-refractivity contribution in [3.05, 3.63) is 64.7 Å². The lowest BCUT2D eigenvalue weighted by Gasteiger charge is -2.13. The standard InChI is InChI=1S/C20H17F2NO3/c1-3-25-17-9-5-8-15(19(17)26-20(21)22)11-16(12-23)18(24)14-7-4-6-13(2)10-14/h4-11,20H,3H2,1-2H3/b16-11+. The van der Waals surface area contributed by atoms with Crippen LogP contribution in [0.1, 0.15) is 28.4 Å². The van der Waals surface area contributed by atoms with E-state index in [9.17, 15) is 18.8 Å². The molecule has 2 rings (SSSR count). The van der Waals surface area contributed by atoms with Crippen LogP contribution in [0.25, 0.3) is 6.08 Å². The summed E-state index contributed by atoms with van der Waals surface area (Å²) in [6.07, 6.45) is 1.23. The summed E-state index contributed by atoms with van der Waals surface area (Å²) in [5.74, 6) is -0.600. The van der Waals surface area contributed by atoms with Gasteiger partial charge in [-0.2, -0.15) is 14.0 Å². The summed E-state index contributed by atoms with van der Waals surface area (Å²) in [6, 6.07) is 13.1. The van der Waals surface area contributed by atoms with Crippen LogP contribution in [0.2, 0.25) is 0 Å². The van der Waals surface area contributed by atoms with Gasteiger partial charge in [0.25, 0.3) is 0 Å². The van der Waals surface area contributed by atoms with Crippen LogP contribution in [0.4, 0.5) is 8.78 Å². The minimum Gasteiger partial charge on any atom is -0.490 e. The van der Waals surface area contributed by atoms with Crippen LogP contribution in [0.5, 0.6) is 11.5 Å². The molecule has 0 heterocycles. The predicted octanol–water partition coefficient (Wildman–Crippen LogP) is 4.79. The fourth-order valence-electron chi connectivity index (χ4n) is 2.38. The Morgan fingerprint density at radius 2 is 2.00 bits per heavy atom. The molecule has 6 heteroatoms. The summed E-state index contributed by atoms with van der Waals surface area (Å²) in [6.45, 7) is 0.713. The van der Waals surface area contributed by atoms with Crippen molar-refractivity contribution < 1.29 is 23.0 Å². The van der Waals surface area contributed by atoms with E-state index in [1.54, 1.807) is 31.2 Å². The van der Waals surface area contributed by atoms with Crippen LogP contribution in [0.3, 0.4) is 0 Å². The maximum atomic E-state index is 12.8. The number of benzene rings is 2. The molecular weight excluding hydrogens is 340 g/mol. The molecule has 0 spiro atoms. The van der Waals surface area contributed by atoms with Crippen LogP contribution in [0, 0.1) is 18.3 Å². The lowest BCUT2D eigenvalue weighted by Crippen LogP contribution is -2.07. The molecule has 0 bridgehead atoms. The molecule has 26 heavy (non-hydrogen) atoms. The van der Waals surface area contributed by atoms with Crippen LogP contribution >= 0.6 is 0 Å². The first-order valence-corrected chi connectivity index (χ1v) is 7.90. The first-order valence-electron chi connectivity index (χ1n) is 7.90. The highest BCUT2D eigenvalue weighted by atomic mass is 19.3. The fraction of sp³-hybridized carbons (Fsp3) is 0.200. The first kappa shape index (κ1) is 19.1. The first-order chi connectivity index (χ1) is 12.5. The minimum absolute atomic E-state index is 0.113. The molecule has 0 saturated heterocycles. The Hall–Kier alpha value is -3.20. The maximum absolute atomic E-state index is 12.8. The van der Waals surface area contributed by atoms with E-state index in [1.165, 1.54) is 18.2 Å². The number of ether oxygens (including phenoxy) is 2. The molecule has 0 aliphatic rings. The van der Waals surface area contributed by atoms with Gasteiger partial charge in [-0.15, -0.1) is 0 Å². The smallest absolute Gasteiger partial charge is 0.387 e. The normalized spacial score (nSPS) is 11.2. The number of carbonyl (C=O) groups excluding carboxylic acids is 1. The van der Waals surface area contributed by atoms with Crippen LogP contribution in [-0.2, 0) is 0 Å². The number of nitriles is 1. The van der Waals surface area contributed by atoms with Gasteiger partial charge in [-0.05, 0) is 32.1 Å². The SMILES string of the molecule is CCOc1cccc(/C=C(\C#N)C(=O)c2cccc(C)c2)c1OC(F)F. The van der Waals surface area contributed by atoms with E-state index in [0.717, 1.165) is 5.56 Å². The number of rotatable bonds is 7. The van der Waals surface area contributed by atoms with Crippen molar-refractivity contribution in [3.8, 4) is 17.6 Å². The van der Waals surface area contributed by atoms with Crippen LogP contribution in [-0.4, -0.2) is 19.0 Å². The lowest BCUT2D eigenvalue weighted by molar-refractivity contribution is -0.0515. The van der Waals surface area contributed by atoms with Gasteiger partial charge in [0, 0.05) is 11.1 Å². The number of hydrogen-bond donors (Lipinski definition) is 0. The van der Waals surface area contributed by atoms with Crippen molar-refractivity contribution in [3.63, 3.8) is 0 Å². The zero-order valence-corrected chi connectivity index (χ0v) is 14.3. The maximum Gasteiger partial charge on any atom is 0.387 e. The number of Topliss-reactive ketones (excluding diaryl/α,β-unsaturated/α-hetero) is 1. The van der Waals surface area contributed by atoms with E-state index in [2.05, 4.69) is 4.74 Å². The molecule has 0 saturated carbocycles. The van der Waals surface area contributed by atoms with E-state index >= 15 is 0 Å². The van der Waals surface area contributed by atoms with Crippen molar-refractivity contribution in [2.75, 3.05) is 6.61 Å².